The van der Waals surface area contributed by atoms with E-state index in [9.17, 15) is 14.4 Å². The summed E-state index contributed by atoms with van der Waals surface area (Å²) in [5.41, 5.74) is 9.93. The van der Waals surface area contributed by atoms with Crippen LogP contribution in [0.15, 0.2) is 48.5 Å². The van der Waals surface area contributed by atoms with Crippen LogP contribution in [-0.2, 0) is 34.3 Å². The van der Waals surface area contributed by atoms with E-state index < -0.39 is 18.2 Å². The molecule has 1 saturated heterocycles. The summed E-state index contributed by atoms with van der Waals surface area (Å²) in [4.78, 5) is 43.2. The van der Waals surface area contributed by atoms with Crippen molar-refractivity contribution in [3.63, 3.8) is 0 Å². The molecule has 5 rings (SSSR count). The van der Waals surface area contributed by atoms with Gasteiger partial charge in [-0.2, -0.15) is 0 Å². The van der Waals surface area contributed by atoms with Gasteiger partial charge in [0.1, 0.15) is 17.7 Å². The third kappa shape index (κ3) is 7.02. The molecule has 0 radical (unpaired) electrons. The number of hydrogen-bond acceptors (Lipinski definition) is 7. The van der Waals surface area contributed by atoms with Crippen molar-refractivity contribution in [3.05, 3.63) is 59.7 Å². The number of nitrogens with one attached hydrogen (secondary N) is 1. The van der Waals surface area contributed by atoms with E-state index in [4.69, 9.17) is 10.5 Å². The molecule has 3 amide bonds. The average molecular weight is 562 g/mol. The highest BCUT2D eigenvalue weighted by molar-refractivity contribution is 5.90. The Morgan fingerprint density at radius 3 is 2.61 bits per heavy atom. The molecule has 3 aromatic rings. The highest BCUT2D eigenvalue weighted by Gasteiger charge is 2.39. The number of ether oxygens (including phenoxy) is 1. The summed E-state index contributed by atoms with van der Waals surface area (Å²) in [6, 6.07) is 13.9. The summed E-state index contributed by atoms with van der Waals surface area (Å²) >= 11 is 0. The number of amides is 3. The van der Waals surface area contributed by atoms with Crippen molar-refractivity contribution in [3.8, 4) is 0 Å². The zero-order valence-corrected chi connectivity index (χ0v) is 23.6. The molecule has 3 N–H and O–H groups in total. The van der Waals surface area contributed by atoms with Crippen LogP contribution in [0.2, 0.25) is 0 Å². The maximum Gasteiger partial charge on any atom is 0.410 e. The van der Waals surface area contributed by atoms with Crippen molar-refractivity contribution in [2.45, 2.75) is 69.7 Å². The minimum Gasteiger partial charge on any atom is -0.446 e. The molecular formula is C30H39N7O4. The lowest BCUT2D eigenvalue weighted by Gasteiger charge is -2.41. The molecule has 1 saturated carbocycles. The number of rotatable bonds is 8. The molecule has 2 fully saturated rings. The van der Waals surface area contributed by atoms with Crippen molar-refractivity contribution >= 4 is 28.9 Å². The summed E-state index contributed by atoms with van der Waals surface area (Å²) in [6.45, 7) is 0.797. The number of aromatic nitrogens is 3. The molecule has 2 aliphatic rings. The van der Waals surface area contributed by atoms with Crippen LogP contribution in [0.5, 0.6) is 0 Å². The largest absolute Gasteiger partial charge is 0.446 e. The van der Waals surface area contributed by atoms with Gasteiger partial charge < -0.3 is 25.6 Å². The number of nitrogens with two attached hydrogens (primary N) is 1. The Morgan fingerprint density at radius 1 is 1.05 bits per heavy atom. The van der Waals surface area contributed by atoms with E-state index in [1.165, 1.54) is 4.90 Å². The van der Waals surface area contributed by atoms with Crippen molar-refractivity contribution in [1.82, 2.24) is 30.1 Å². The molecule has 2 aromatic carbocycles. The Kier molecular flexibility index (Phi) is 9.13. The SMILES string of the molecule is Cn1nnc2cc(CNC(=O)C3CN(C(=O)OC4CCCCC4)CCN3C(=O)C(N)CCc3ccccc3)ccc21. The molecule has 2 atom stereocenters. The molecule has 0 spiro atoms. The number of carbonyl (C=O) groups excluding carboxylic acids is 3. The van der Waals surface area contributed by atoms with Crippen LogP contribution in [0, 0.1) is 0 Å². The fourth-order valence-corrected chi connectivity index (χ4v) is 5.64. The molecular weight excluding hydrogens is 522 g/mol. The number of hydrogen-bond donors (Lipinski definition) is 2. The molecule has 1 aromatic heterocycles. The minimum absolute atomic E-state index is 0.0533. The van der Waals surface area contributed by atoms with E-state index in [0.717, 1.165) is 54.3 Å². The average Bonchev–Trinajstić information content (AvgIpc) is 3.38. The van der Waals surface area contributed by atoms with Gasteiger partial charge in [-0.15, -0.1) is 5.10 Å². The fraction of sp³-hybridized carbons (Fsp3) is 0.500. The summed E-state index contributed by atoms with van der Waals surface area (Å²) < 4.78 is 7.46. The second kappa shape index (κ2) is 13.1. The number of benzene rings is 2. The summed E-state index contributed by atoms with van der Waals surface area (Å²) in [5.74, 6) is -0.634. The van der Waals surface area contributed by atoms with Crippen molar-refractivity contribution in [1.29, 1.82) is 0 Å². The number of fused-ring (bicyclic) bond motifs is 1. The van der Waals surface area contributed by atoms with Crippen molar-refractivity contribution < 1.29 is 19.1 Å². The molecule has 1 aliphatic heterocycles. The molecule has 11 nitrogen and oxygen atoms in total. The lowest BCUT2D eigenvalue weighted by atomic mass is 9.98. The molecule has 11 heteroatoms. The first-order chi connectivity index (χ1) is 19.9. The van der Waals surface area contributed by atoms with Crippen molar-refractivity contribution in [2.24, 2.45) is 12.8 Å². The van der Waals surface area contributed by atoms with Crippen molar-refractivity contribution in [2.75, 3.05) is 19.6 Å². The summed E-state index contributed by atoms with van der Waals surface area (Å²) in [7, 11) is 1.82. The van der Waals surface area contributed by atoms with E-state index in [1.54, 1.807) is 9.58 Å². The van der Waals surface area contributed by atoms with Gasteiger partial charge in [-0.1, -0.05) is 48.0 Å². The molecule has 218 valence electrons. The first-order valence-corrected chi connectivity index (χ1v) is 14.5. The van der Waals surface area contributed by atoms with E-state index in [2.05, 4.69) is 15.6 Å². The molecule has 2 heterocycles. The number of piperazine rings is 1. The number of aryl methyl sites for hydroxylation is 2. The van der Waals surface area contributed by atoms with Gasteiger partial charge in [0.15, 0.2) is 0 Å². The van der Waals surface area contributed by atoms with Crippen LogP contribution < -0.4 is 11.1 Å². The molecule has 0 bridgehead atoms. The molecule has 1 aliphatic carbocycles. The summed E-state index contributed by atoms with van der Waals surface area (Å²) in [6.07, 6.45) is 5.57. The van der Waals surface area contributed by atoms with E-state index in [0.29, 0.717) is 12.8 Å². The normalized spacial score (nSPS) is 18.7. The lowest BCUT2D eigenvalue weighted by molar-refractivity contribution is -0.144. The van der Waals surface area contributed by atoms with E-state index >= 15 is 0 Å². The predicted molar refractivity (Wildman–Crippen MR) is 154 cm³/mol. The highest BCUT2D eigenvalue weighted by atomic mass is 16.6. The van der Waals surface area contributed by atoms with Gasteiger partial charge in [-0.3, -0.25) is 9.59 Å². The Balaban J connectivity index is 1.26. The van der Waals surface area contributed by atoms with Crippen LogP contribution in [0.25, 0.3) is 11.0 Å². The van der Waals surface area contributed by atoms with Crippen LogP contribution >= 0.6 is 0 Å². The monoisotopic (exact) mass is 561 g/mol. The third-order valence-electron chi connectivity index (χ3n) is 8.09. The predicted octanol–water partition coefficient (Wildman–Crippen LogP) is 2.53. The fourth-order valence-electron chi connectivity index (χ4n) is 5.64. The Hall–Kier alpha value is -3.99. The van der Waals surface area contributed by atoms with Gasteiger partial charge in [0, 0.05) is 26.7 Å². The second-order valence-corrected chi connectivity index (χ2v) is 11.0. The summed E-state index contributed by atoms with van der Waals surface area (Å²) in [5, 5.41) is 11.1. The first-order valence-electron chi connectivity index (χ1n) is 14.5. The smallest absolute Gasteiger partial charge is 0.410 e. The Bertz CT molecular complexity index is 1360. The maximum atomic E-state index is 13.6. The van der Waals surface area contributed by atoms with Gasteiger partial charge >= 0.3 is 6.09 Å². The standard InChI is InChI=1S/C30H39N7O4/c1-35-26-15-13-22(18-25(26)33-34-35)19-32-28(38)27-20-36(30(40)41-23-10-6-3-7-11-23)16-17-37(27)29(39)24(31)14-12-21-8-4-2-5-9-21/h2,4-5,8-9,13,15,18,23-24,27H,3,6-7,10-12,14,16-17,19-20,31H2,1H3,(H,32,38). The van der Waals surface area contributed by atoms with Gasteiger partial charge in [-0.05, 0) is 61.8 Å². The van der Waals surface area contributed by atoms with Crippen LogP contribution in [0.1, 0.15) is 49.7 Å². The Labute approximate surface area is 240 Å². The Morgan fingerprint density at radius 2 is 1.83 bits per heavy atom. The van der Waals surface area contributed by atoms with E-state index in [1.807, 2.05) is 55.6 Å². The third-order valence-corrected chi connectivity index (χ3v) is 8.09. The van der Waals surface area contributed by atoms with Crippen LogP contribution in [0.4, 0.5) is 4.79 Å². The molecule has 41 heavy (non-hydrogen) atoms. The van der Waals surface area contributed by atoms with Gasteiger partial charge in [0.05, 0.1) is 18.1 Å². The maximum absolute atomic E-state index is 13.6. The van der Waals surface area contributed by atoms with Crippen LogP contribution in [-0.4, -0.2) is 80.5 Å². The minimum atomic E-state index is -0.877. The van der Waals surface area contributed by atoms with E-state index in [-0.39, 0.29) is 44.1 Å². The zero-order chi connectivity index (χ0) is 28.8. The van der Waals surface area contributed by atoms with Gasteiger partial charge in [0.25, 0.3) is 0 Å². The number of carbonyl (C=O) groups is 3. The first kappa shape index (κ1) is 28.5. The quantitative estimate of drug-likeness (QED) is 0.431. The zero-order valence-electron chi connectivity index (χ0n) is 23.6. The highest BCUT2D eigenvalue weighted by Crippen LogP contribution is 2.22. The van der Waals surface area contributed by atoms with Gasteiger partial charge in [0.2, 0.25) is 11.8 Å². The molecule has 2 unspecified atom stereocenters. The number of nitrogens with zero attached hydrogens (tertiary/aromatic N) is 5. The van der Waals surface area contributed by atoms with Gasteiger partial charge in [-0.25, -0.2) is 9.48 Å². The second-order valence-electron chi connectivity index (χ2n) is 11.0. The lowest BCUT2D eigenvalue weighted by Crippen LogP contribution is -2.63. The topological polar surface area (TPSA) is 136 Å². The van der Waals surface area contributed by atoms with Crippen LogP contribution in [0.3, 0.4) is 0 Å².